The molecule has 1 aliphatic rings. The first-order valence-corrected chi connectivity index (χ1v) is 9.84. The summed E-state index contributed by atoms with van der Waals surface area (Å²) in [6.07, 6.45) is 0.871. The molecule has 21 heavy (non-hydrogen) atoms. The normalized spacial score (nSPS) is 21.6. The largest absolute Gasteiger partial charge is 0.242 e. The summed E-state index contributed by atoms with van der Waals surface area (Å²) in [5, 5.41) is 8.81. The minimum Gasteiger partial charge on any atom is -0.229 e. The lowest BCUT2D eigenvalue weighted by Gasteiger charge is -2.23. The van der Waals surface area contributed by atoms with E-state index in [1.807, 2.05) is 6.07 Å². The van der Waals surface area contributed by atoms with Crippen LogP contribution in [0.15, 0.2) is 23.1 Å². The van der Waals surface area contributed by atoms with E-state index in [0.29, 0.717) is 12.8 Å². The zero-order chi connectivity index (χ0) is 15.7. The fourth-order valence-corrected chi connectivity index (χ4v) is 5.72. The third-order valence-corrected chi connectivity index (χ3v) is 6.96. The van der Waals surface area contributed by atoms with Crippen LogP contribution >= 0.6 is 11.6 Å². The predicted molar refractivity (Wildman–Crippen MR) is 78.2 cm³/mol. The summed E-state index contributed by atoms with van der Waals surface area (Å²) in [6, 6.07) is 5.07. The fourth-order valence-electron chi connectivity index (χ4n) is 2.18. The Morgan fingerprint density at radius 2 is 2.10 bits per heavy atom. The van der Waals surface area contributed by atoms with Crippen molar-refractivity contribution >= 4 is 31.5 Å². The molecule has 0 radical (unpaired) electrons. The molecule has 0 amide bonds. The van der Waals surface area contributed by atoms with Crippen molar-refractivity contribution in [3.8, 4) is 6.07 Å². The van der Waals surface area contributed by atoms with Crippen LogP contribution in [-0.2, 0) is 19.9 Å². The van der Waals surface area contributed by atoms with Crippen molar-refractivity contribution < 1.29 is 16.8 Å². The minimum atomic E-state index is -3.97. The molecule has 1 unspecified atom stereocenters. The first-order valence-electron chi connectivity index (χ1n) is 6.16. The first kappa shape index (κ1) is 16.2. The third-order valence-electron chi connectivity index (χ3n) is 3.13. The number of hydrogen-bond donors (Lipinski definition) is 1. The number of nitrogens with one attached hydrogen (secondary N) is 1. The molecule has 1 N–H and O–H groups in total. The van der Waals surface area contributed by atoms with Crippen LogP contribution in [-0.4, -0.2) is 34.4 Å². The summed E-state index contributed by atoms with van der Waals surface area (Å²) in [5.41, 5.74) is 0.163. The maximum absolute atomic E-state index is 12.3. The van der Waals surface area contributed by atoms with E-state index in [9.17, 15) is 16.8 Å². The van der Waals surface area contributed by atoms with E-state index in [-0.39, 0.29) is 27.0 Å². The highest BCUT2D eigenvalue weighted by molar-refractivity contribution is 7.91. The van der Waals surface area contributed by atoms with E-state index in [0.717, 1.165) is 0 Å². The lowest BCUT2D eigenvalue weighted by Crippen LogP contribution is -2.43. The van der Waals surface area contributed by atoms with Gasteiger partial charge in [-0.15, -0.1) is 0 Å². The van der Waals surface area contributed by atoms with Gasteiger partial charge in [0.25, 0.3) is 0 Å². The van der Waals surface area contributed by atoms with E-state index < -0.39 is 25.9 Å². The number of rotatable bonds is 3. The fraction of sp³-hybridized carbons (Fsp3) is 0.417. The van der Waals surface area contributed by atoms with E-state index in [2.05, 4.69) is 4.72 Å². The monoisotopic (exact) mass is 348 g/mol. The van der Waals surface area contributed by atoms with Crippen molar-refractivity contribution in [2.75, 3.05) is 11.5 Å². The Kier molecular flexibility index (Phi) is 4.58. The van der Waals surface area contributed by atoms with Gasteiger partial charge in [0, 0.05) is 6.04 Å². The molecule has 2 rings (SSSR count). The van der Waals surface area contributed by atoms with Crippen molar-refractivity contribution in [3.05, 3.63) is 28.8 Å². The number of hydrogen-bond acceptors (Lipinski definition) is 5. The number of benzene rings is 1. The third kappa shape index (κ3) is 3.95. The average Bonchev–Trinajstić information content (AvgIpc) is 2.37. The van der Waals surface area contributed by atoms with Crippen molar-refractivity contribution in [1.82, 2.24) is 4.72 Å². The van der Waals surface area contributed by atoms with Crippen LogP contribution in [0.5, 0.6) is 0 Å². The summed E-state index contributed by atoms with van der Waals surface area (Å²) in [4.78, 5) is -0.216. The highest BCUT2D eigenvalue weighted by Gasteiger charge is 2.29. The SMILES string of the molecule is N#Cc1ccc(Cl)c(S(=O)(=O)NC2CCCS(=O)(=O)C2)c1. The van der Waals surface area contributed by atoms with Crippen molar-refractivity contribution in [3.63, 3.8) is 0 Å². The smallest absolute Gasteiger partial charge is 0.229 e. The molecule has 1 aromatic rings. The Morgan fingerprint density at radius 1 is 1.38 bits per heavy atom. The second kappa shape index (κ2) is 5.93. The summed E-state index contributed by atoms with van der Waals surface area (Å²) in [7, 11) is -7.19. The van der Waals surface area contributed by atoms with Crippen LogP contribution in [0.3, 0.4) is 0 Å². The van der Waals surface area contributed by atoms with E-state index in [1.54, 1.807) is 0 Å². The number of nitriles is 1. The number of nitrogens with zero attached hydrogens (tertiary/aromatic N) is 1. The van der Waals surface area contributed by atoms with Gasteiger partial charge in [0.15, 0.2) is 9.84 Å². The van der Waals surface area contributed by atoms with Gasteiger partial charge in [0.05, 0.1) is 28.2 Å². The zero-order valence-electron chi connectivity index (χ0n) is 10.9. The molecule has 1 aliphatic heterocycles. The average molecular weight is 349 g/mol. The summed E-state index contributed by atoms with van der Waals surface area (Å²) >= 11 is 5.86. The lowest BCUT2D eigenvalue weighted by molar-refractivity contribution is 0.517. The summed E-state index contributed by atoms with van der Waals surface area (Å²) < 4.78 is 50.1. The van der Waals surface area contributed by atoms with E-state index in [4.69, 9.17) is 16.9 Å². The van der Waals surface area contributed by atoms with Gasteiger partial charge in [-0.25, -0.2) is 21.6 Å². The Balaban J connectivity index is 2.29. The molecule has 0 saturated carbocycles. The van der Waals surface area contributed by atoms with Crippen LogP contribution in [0.2, 0.25) is 5.02 Å². The lowest BCUT2D eigenvalue weighted by atomic mass is 10.2. The van der Waals surface area contributed by atoms with Crippen molar-refractivity contribution in [2.24, 2.45) is 0 Å². The molecular formula is C12H13ClN2O4S2. The molecule has 1 aromatic carbocycles. The highest BCUT2D eigenvalue weighted by Crippen LogP contribution is 2.23. The second-order valence-corrected chi connectivity index (χ2v) is 9.15. The molecule has 0 aliphatic carbocycles. The van der Waals surface area contributed by atoms with Gasteiger partial charge in [0.1, 0.15) is 4.90 Å². The van der Waals surface area contributed by atoms with Crippen LogP contribution in [0.4, 0.5) is 0 Å². The topological polar surface area (TPSA) is 104 Å². The number of halogens is 1. The van der Waals surface area contributed by atoms with Gasteiger partial charge in [-0.05, 0) is 31.0 Å². The minimum absolute atomic E-state index is 0.0137. The van der Waals surface area contributed by atoms with Crippen LogP contribution in [0.1, 0.15) is 18.4 Å². The molecule has 6 nitrogen and oxygen atoms in total. The molecule has 0 aromatic heterocycles. The van der Waals surface area contributed by atoms with Crippen LogP contribution in [0, 0.1) is 11.3 Å². The summed E-state index contributed by atoms with van der Waals surface area (Å²) in [5.74, 6) is -0.141. The molecule has 114 valence electrons. The van der Waals surface area contributed by atoms with Gasteiger partial charge in [0.2, 0.25) is 10.0 Å². The zero-order valence-corrected chi connectivity index (χ0v) is 13.3. The second-order valence-electron chi connectivity index (χ2n) is 4.83. The maximum Gasteiger partial charge on any atom is 0.242 e. The van der Waals surface area contributed by atoms with Gasteiger partial charge in [-0.2, -0.15) is 5.26 Å². The van der Waals surface area contributed by atoms with Crippen molar-refractivity contribution in [1.29, 1.82) is 5.26 Å². The number of sulfonamides is 1. The predicted octanol–water partition coefficient (Wildman–Crippen LogP) is 1.07. The van der Waals surface area contributed by atoms with Crippen molar-refractivity contribution in [2.45, 2.75) is 23.8 Å². The van der Waals surface area contributed by atoms with Gasteiger partial charge in [-0.3, -0.25) is 0 Å². The van der Waals surface area contributed by atoms with Gasteiger partial charge in [-0.1, -0.05) is 11.6 Å². The molecule has 9 heteroatoms. The first-order chi connectivity index (χ1) is 9.73. The standard InChI is InChI=1S/C12H13ClN2O4S2/c13-11-4-3-9(7-14)6-12(11)21(18,19)15-10-2-1-5-20(16,17)8-10/h3-4,6,10,15H,1-2,5,8H2. The maximum atomic E-state index is 12.3. The summed E-state index contributed by atoms with van der Waals surface area (Å²) in [6.45, 7) is 0. The Bertz CT molecular complexity index is 797. The van der Waals surface area contributed by atoms with E-state index in [1.165, 1.54) is 18.2 Å². The molecular weight excluding hydrogens is 336 g/mol. The Hall–Kier alpha value is -1.14. The molecule has 1 fully saturated rings. The van der Waals surface area contributed by atoms with Gasteiger partial charge < -0.3 is 0 Å². The Morgan fingerprint density at radius 3 is 2.71 bits per heavy atom. The quantitative estimate of drug-likeness (QED) is 0.879. The molecule has 0 spiro atoms. The molecule has 1 atom stereocenters. The highest BCUT2D eigenvalue weighted by atomic mass is 35.5. The number of sulfone groups is 1. The van der Waals surface area contributed by atoms with Gasteiger partial charge >= 0.3 is 0 Å². The Labute approximate surface area is 128 Å². The van der Waals surface area contributed by atoms with E-state index >= 15 is 0 Å². The van der Waals surface area contributed by atoms with Crippen LogP contribution in [0.25, 0.3) is 0 Å². The van der Waals surface area contributed by atoms with Crippen LogP contribution < -0.4 is 4.72 Å². The molecule has 1 heterocycles. The molecule has 1 saturated heterocycles. The molecule has 0 bridgehead atoms.